The monoisotopic (exact) mass is 484 g/mol. The lowest BCUT2D eigenvalue weighted by atomic mass is 10.1. The molecule has 0 bridgehead atoms. The van der Waals surface area contributed by atoms with E-state index in [4.69, 9.17) is 0 Å². The number of nitrogens with zero attached hydrogens (tertiary/aromatic N) is 2. The van der Waals surface area contributed by atoms with Gasteiger partial charge in [-0.1, -0.05) is 37.1 Å². The standard InChI is InChI=1S/C29H32N4O3/c1-32(26-12-5-4-6-13-26)28(35)23-10-9-11-25(20-23)30-21-27(34)31-24-16-14-22(15-17-24)29(36)33-18-7-2-3-8-19-33/h4-6,9-17,20,30H,2-3,7-8,18-19,21H2,1H3,(H,31,34). The SMILES string of the molecule is CN(C(=O)c1cccc(NCC(=O)Nc2ccc(C(=O)N3CCCCCC3)cc2)c1)c1ccccc1. The van der Waals surface area contributed by atoms with E-state index >= 15 is 0 Å². The quantitative estimate of drug-likeness (QED) is 0.493. The highest BCUT2D eigenvalue weighted by atomic mass is 16.2. The molecule has 3 amide bonds. The van der Waals surface area contributed by atoms with Crippen molar-refractivity contribution in [2.24, 2.45) is 0 Å². The molecule has 2 N–H and O–H groups in total. The number of benzene rings is 3. The Balaban J connectivity index is 1.30. The number of amides is 3. The van der Waals surface area contributed by atoms with E-state index in [0.717, 1.165) is 31.6 Å². The zero-order valence-electron chi connectivity index (χ0n) is 20.6. The van der Waals surface area contributed by atoms with Gasteiger partial charge < -0.3 is 20.4 Å². The minimum absolute atomic E-state index is 0.0423. The molecular weight excluding hydrogens is 452 g/mol. The first-order chi connectivity index (χ1) is 17.5. The van der Waals surface area contributed by atoms with Gasteiger partial charge in [-0.15, -0.1) is 0 Å². The molecule has 7 heteroatoms. The van der Waals surface area contributed by atoms with Crippen molar-refractivity contribution < 1.29 is 14.4 Å². The van der Waals surface area contributed by atoms with Crippen LogP contribution in [-0.4, -0.2) is 49.3 Å². The lowest BCUT2D eigenvalue weighted by molar-refractivity contribution is -0.114. The Kier molecular flexibility index (Phi) is 8.34. The van der Waals surface area contributed by atoms with E-state index < -0.39 is 0 Å². The van der Waals surface area contributed by atoms with Crippen molar-refractivity contribution in [2.75, 3.05) is 42.2 Å². The van der Waals surface area contributed by atoms with E-state index in [2.05, 4.69) is 10.6 Å². The average molecular weight is 485 g/mol. The second-order valence-corrected chi connectivity index (χ2v) is 8.97. The first-order valence-electron chi connectivity index (χ1n) is 12.4. The minimum Gasteiger partial charge on any atom is -0.376 e. The zero-order valence-corrected chi connectivity index (χ0v) is 20.6. The summed E-state index contributed by atoms with van der Waals surface area (Å²) in [6.07, 6.45) is 4.45. The van der Waals surface area contributed by atoms with Crippen LogP contribution in [0.1, 0.15) is 46.4 Å². The number of anilines is 3. The molecule has 3 aromatic carbocycles. The van der Waals surface area contributed by atoms with E-state index in [0.29, 0.717) is 22.5 Å². The van der Waals surface area contributed by atoms with Gasteiger partial charge in [0, 0.05) is 48.3 Å². The van der Waals surface area contributed by atoms with Crippen molar-refractivity contribution in [2.45, 2.75) is 25.7 Å². The Bertz CT molecular complexity index is 1190. The van der Waals surface area contributed by atoms with Crippen molar-refractivity contribution in [1.82, 2.24) is 4.90 Å². The minimum atomic E-state index is -0.222. The smallest absolute Gasteiger partial charge is 0.258 e. The van der Waals surface area contributed by atoms with Gasteiger partial charge in [-0.3, -0.25) is 14.4 Å². The summed E-state index contributed by atoms with van der Waals surface area (Å²) in [6.45, 7) is 1.65. The fraction of sp³-hybridized carbons (Fsp3) is 0.276. The lowest BCUT2D eigenvalue weighted by Gasteiger charge is -2.20. The third-order valence-electron chi connectivity index (χ3n) is 6.32. The van der Waals surface area contributed by atoms with Crippen LogP contribution in [0.25, 0.3) is 0 Å². The third kappa shape index (κ3) is 6.50. The summed E-state index contributed by atoms with van der Waals surface area (Å²) in [5.74, 6) is -0.312. The number of carbonyl (C=O) groups is 3. The van der Waals surface area contributed by atoms with Crippen LogP contribution >= 0.6 is 0 Å². The molecule has 7 nitrogen and oxygen atoms in total. The van der Waals surface area contributed by atoms with E-state index in [9.17, 15) is 14.4 Å². The number of hydrogen-bond acceptors (Lipinski definition) is 4. The molecule has 1 aliphatic heterocycles. The van der Waals surface area contributed by atoms with Crippen LogP contribution in [0.4, 0.5) is 17.1 Å². The lowest BCUT2D eigenvalue weighted by Crippen LogP contribution is -2.31. The van der Waals surface area contributed by atoms with Crippen LogP contribution in [0.5, 0.6) is 0 Å². The number of hydrogen-bond donors (Lipinski definition) is 2. The molecule has 1 saturated heterocycles. The second kappa shape index (κ2) is 12.0. The van der Waals surface area contributed by atoms with Gasteiger partial charge >= 0.3 is 0 Å². The van der Waals surface area contributed by atoms with Gasteiger partial charge in [0.25, 0.3) is 11.8 Å². The first-order valence-corrected chi connectivity index (χ1v) is 12.4. The van der Waals surface area contributed by atoms with Crippen LogP contribution in [0.2, 0.25) is 0 Å². The summed E-state index contributed by atoms with van der Waals surface area (Å²) >= 11 is 0. The number of carbonyl (C=O) groups excluding carboxylic acids is 3. The molecular formula is C29H32N4O3. The molecule has 0 spiro atoms. The molecule has 0 aliphatic carbocycles. The van der Waals surface area contributed by atoms with E-state index in [1.165, 1.54) is 12.8 Å². The Morgan fingerprint density at radius 3 is 2.17 bits per heavy atom. The number of nitrogens with one attached hydrogen (secondary N) is 2. The fourth-order valence-electron chi connectivity index (χ4n) is 4.26. The van der Waals surface area contributed by atoms with E-state index in [-0.39, 0.29) is 24.3 Å². The third-order valence-corrected chi connectivity index (χ3v) is 6.32. The van der Waals surface area contributed by atoms with Crippen LogP contribution in [-0.2, 0) is 4.79 Å². The maximum Gasteiger partial charge on any atom is 0.258 e. The van der Waals surface area contributed by atoms with Gasteiger partial charge in [-0.25, -0.2) is 0 Å². The predicted molar refractivity (Wildman–Crippen MR) is 144 cm³/mol. The van der Waals surface area contributed by atoms with Crippen molar-refractivity contribution >= 4 is 34.8 Å². The van der Waals surface area contributed by atoms with Gasteiger partial charge in [-0.05, 0) is 67.4 Å². The molecule has 4 rings (SSSR count). The van der Waals surface area contributed by atoms with Crippen molar-refractivity contribution in [3.05, 3.63) is 90.0 Å². The Morgan fingerprint density at radius 1 is 0.778 bits per heavy atom. The predicted octanol–water partition coefficient (Wildman–Crippen LogP) is 5.03. The normalized spacial score (nSPS) is 13.4. The summed E-state index contributed by atoms with van der Waals surface area (Å²) in [5.41, 5.74) is 3.27. The van der Waals surface area contributed by atoms with Crippen LogP contribution in [0.3, 0.4) is 0 Å². The van der Waals surface area contributed by atoms with Crippen molar-refractivity contribution in [3.63, 3.8) is 0 Å². The number of rotatable bonds is 7. The highest BCUT2D eigenvalue weighted by Crippen LogP contribution is 2.18. The first kappa shape index (κ1) is 25.0. The van der Waals surface area contributed by atoms with Crippen LogP contribution in [0, 0.1) is 0 Å². The summed E-state index contributed by atoms with van der Waals surface area (Å²) < 4.78 is 0. The topological polar surface area (TPSA) is 81.8 Å². The molecule has 1 heterocycles. The average Bonchev–Trinajstić information content (AvgIpc) is 3.21. The molecule has 36 heavy (non-hydrogen) atoms. The van der Waals surface area contributed by atoms with Gasteiger partial charge in [0.2, 0.25) is 5.91 Å². The Morgan fingerprint density at radius 2 is 1.47 bits per heavy atom. The molecule has 0 radical (unpaired) electrons. The maximum atomic E-state index is 12.9. The maximum absolute atomic E-state index is 12.9. The molecule has 0 aromatic heterocycles. The van der Waals surface area contributed by atoms with Gasteiger partial charge in [0.15, 0.2) is 0 Å². The van der Waals surface area contributed by atoms with Gasteiger partial charge in [0.1, 0.15) is 0 Å². The summed E-state index contributed by atoms with van der Waals surface area (Å²) in [7, 11) is 1.73. The molecule has 186 valence electrons. The molecule has 0 saturated carbocycles. The largest absolute Gasteiger partial charge is 0.376 e. The number of para-hydroxylation sites is 1. The van der Waals surface area contributed by atoms with Gasteiger partial charge in [0.05, 0.1) is 6.54 Å². The summed E-state index contributed by atoms with van der Waals surface area (Å²) in [4.78, 5) is 41.6. The highest BCUT2D eigenvalue weighted by molar-refractivity contribution is 6.06. The molecule has 0 atom stereocenters. The zero-order chi connectivity index (χ0) is 25.3. The summed E-state index contributed by atoms with van der Waals surface area (Å²) in [5, 5.41) is 5.92. The summed E-state index contributed by atoms with van der Waals surface area (Å²) in [6, 6.07) is 23.5. The molecule has 3 aromatic rings. The highest BCUT2D eigenvalue weighted by Gasteiger charge is 2.17. The number of likely N-dealkylation sites (tertiary alicyclic amines) is 1. The van der Waals surface area contributed by atoms with Gasteiger partial charge in [-0.2, -0.15) is 0 Å². The fourth-order valence-corrected chi connectivity index (χ4v) is 4.26. The Labute approximate surface area is 212 Å². The van der Waals surface area contributed by atoms with Crippen LogP contribution in [0.15, 0.2) is 78.9 Å². The van der Waals surface area contributed by atoms with Crippen LogP contribution < -0.4 is 15.5 Å². The van der Waals surface area contributed by atoms with E-state index in [1.54, 1.807) is 54.4 Å². The van der Waals surface area contributed by atoms with E-state index in [1.807, 2.05) is 41.3 Å². The molecule has 0 unspecified atom stereocenters. The molecule has 1 aliphatic rings. The van der Waals surface area contributed by atoms with Crippen molar-refractivity contribution in [3.8, 4) is 0 Å². The van der Waals surface area contributed by atoms with Crippen molar-refractivity contribution in [1.29, 1.82) is 0 Å². The Hall–Kier alpha value is -4.13. The molecule has 1 fully saturated rings. The second-order valence-electron chi connectivity index (χ2n) is 8.97.